The van der Waals surface area contributed by atoms with E-state index in [1.165, 1.54) is 0 Å². The van der Waals surface area contributed by atoms with Crippen LogP contribution in [0, 0.1) is 18.8 Å². The molecule has 0 bridgehead atoms. The molecule has 0 saturated carbocycles. The third-order valence-corrected chi connectivity index (χ3v) is 6.53. The van der Waals surface area contributed by atoms with Crippen LogP contribution in [0.1, 0.15) is 32.3 Å². The molecule has 2 saturated heterocycles. The standard InChI is InChI=1S/C24H39N5O2/c1-4-27-12-14-28(15-13-27)18-20(3)17-25-23(30)21-8-10-29(11-9-21)24(31)26-22-7-5-6-19(2)16-22/h5-7,16,20-21H,4,8-15,17-18H2,1-3H3,(H,25,30)(H,26,31). The largest absolute Gasteiger partial charge is 0.356 e. The van der Waals surface area contributed by atoms with Gasteiger partial charge in [-0.05, 0) is 49.9 Å². The van der Waals surface area contributed by atoms with E-state index in [4.69, 9.17) is 0 Å². The van der Waals surface area contributed by atoms with Crippen LogP contribution in [-0.4, -0.2) is 85.5 Å². The smallest absolute Gasteiger partial charge is 0.321 e. The van der Waals surface area contributed by atoms with Crippen LogP contribution < -0.4 is 10.6 Å². The van der Waals surface area contributed by atoms with Gasteiger partial charge in [0.05, 0.1) is 0 Å². The lowest BCUT2D eigenvalue weighted by Crippen LogP contribution is -2.48. The van der Waals surface area contributed by atoms with E-state index in [1.807, 2.05) is 36.1 Å². The van der Waals surface area contributed by atoms with Crippen molar-refractivity contribution in [3.63, 3.8) is 0 Å². The Labute approximate surface area is 187 Å². The van der Waals surface area contributed by atoms with Crippen molar-refractivity contribution in [1.29, 1.82) is 0 Å². The van der Waals surface area contributed by atoms with Crippen LogP contribution in [0.2, 0.25) is 0 Å². The number of nitrogens with one attached hydrogen (secondary N) is 2. The first-order valence-corrected chi connectivity index (χ1v) is 11.8. The van der Waals surface area contributed by atoms with E-state index in [0.717, 1.165) is 69.9 Å². The first-order chi connectivity index (χ1) is 14.9. The molecule has 3 amide bonds. The molecule has 7 heteroatoms. The number of rotatable bonds is 7. The van der Waals surface area contributed by atoms with Crippen LogP contribution >= 0.6 is 0 Å². The number of likely N-dealkylation sites (N-methyl/N-ethyl adjacent to an activating group) is 1. The highest BCUT2D eigenvalue weighted by Crippen LogP contribution is 2.19. The lowest BCUT2D eigenvalue weighted by molar-refractivity contribution is -0.126. The van der Waals surface area contributed by atoms with Crippen molar-refractivity contribution in [2.75, 3.05) is 64.2 Å². The molecule has 2 aliphatic heterocycles. The summed E-state index contributed by atoms with van der Waals surface area (Å²) < 4.78 is 0. The molecule has 0 aromatic heterocycles. The van der Waals surface area contributed by atoms with Crippen molar-refractivity contribution in [3.05, 3.63) is 29.8 Å². The Hall–Kier alpha value is -2.12. The molecule has 1 unspecified atom stereocenters. The minimum atomic E-state index is -0.0822. The number of urea groups is 1. The number of carbonyl (C=O) groups is 2. The summed E-state index contributed by atoms with van der Waals surface area (Å²) in [5, 5.41) is 6.12. The topological polar surface area (TPSA) is 67.9 Å². The number of nitrogens with zero attached hydrogens (tertiary/aromatic N) is 3. The fourth-order valence-electron chi connectivity index (χ4n) is 4.48. The monoisotopic (exact) mass is 429 g/mol. The van der Waals surface area contributed by atoms with E-state index in [9.17, 15) is 9.59 Å². The number of piperidine rings is 1. The summed E-state index contributed by atoms with van der Waals surface area (Å²) >= 11 is 0. The predicted octanol–water partition coefficient (Wildman–Crippen LogP) is 2.63. The molecule has 2 heterocycles. The molecular formula is C24H39N5O2. The Bertz CT molecular complexity index is 724. The van der Waals surface area contributed by atoms with E-state index in [0.29, 0.717) is 19.0 Å². The number of piperazine rings is 1. The maximum absolute atomic E-state index is 12.6. The third-order valence-electron chi connectivity index (χ3n) is 6.53. The van der Waals surface area contributed by atoms with Crippen molar-refractivity contribution < 1.29 is 9.59 Å². The average molecular weight is 430 g/mol. The first kappa shape index (κ1) is 23.5. The number of carbonyl (C=O) groups excluding carboxylic acids is 2. The fourth-order valence-corrected chi connectivity index (χ4v) is 4.48. The van der Waals surface area contributed by atoms with Gasteiger partial charge in [-0.1, -0.05) is 26.0 Å². The molecule has 0 spiro atoms. The summed E-state index contributed by atoms with van der Waals surface area (Å²) in [7, 11) is 0. The Balaban J connectivity index is 1.33. The van der Waals surface area contributed by atoms with Crippen LogP contribution in [0.25, 0.3) is 0 Å². The molecule has 2 aliphatic rings. The summed E-state index contributed by atoms with van der Waals surface area (Å²) in [5.41, 5.74) is 1.93. The summed E-state index contributed by atoms with van der Waals surface area (Å²) in [6.07, 6.45) is 1.45. The molecule has 0 aliphatic carbocycles. The van der Waals surface area contributed by atoms with Gasteiger partial charge in [0.1, 0.15) is 0 Å². The Morgan fingerprint density at radius 2 is 1.74 bits per heavy atom. The molecule has 1 aromatic rings. The van der Waals surface area contributed by atoms with Crippen molar-refractivity contribution >= 4 is 17.6 Å². The molecule has 1 atom stereocenters. The summed E-state index contributed by atoms with van der Waals surface area (Å²) in [6, 6.07) is 7.72. The van der Waals surface area contributed by atoms with Gasteiger partial charge in [0.2, 0.25) is 5.91 Å². The van der Waals surface area contributed by atoms with Gasteiger partial charge < -0.3 is 25.3 Å². The van der Waals surface area contributed by atoms with Crippen molar-refractivity contribution in [3.8, 4) is 0 Å². The van der Waals surface area contributed by atoms with Crippen molar-refractivity contribution in [2.45, 2.75) is 33.6 Å². The second-order valence-corrected chi connectivity index (χ2v) is 9.15. The minimum Gasteiger partial charge on any atom is -0.356 e. The Morgan fingerprint density at radius 3 is 2.39 bits per heavy atom. The molecule has 0 radical (unpaired) electrons. The average Bonchev–Trinajstić information content (AvgIpc) is 2.78. The quantitative estimate of drug-likeness (QED) is 0.699. The highest BCUT2D eigenvalue weighted by molar-refractivity contribution is 5.89. The molecule has 31 heavy (non-hydrogen) atoms. The normalized spacial score (nSPS) is 19.8. The second-order valence-electron chi connectivity index (χ2n) is 9.15. The van der Waals surface area contributed by atoms with Crippen LogP contribution in [0.4, 0.5) is 10.5 Å². The van der Waals surface area contributed by atoms with Gasteiger partial charge in [-0.15, -0.1) is 0 Å². The van der Waals surface area contributed by atoms with Gasteiger partial charge in [-0.25, -0.2) is 4.79 Å². The van der Waals surface area contributed by atoms with Gasteiger partial charge in [0.15, 0.2) is 0 Å². The molecule has 2 fully saturated rings. The van der Waals surface area contributed by atoms with E-state index >= 15 is 0 Å². The van der Waals surface area contributed by atoms with Crippen molar-refractivity contribution in [2.24, 2.45) is 11.8 Å². The summed E-state index contributed by atoms with van der Waals surface area (Å²) in [4.78, 5) is 31.9. The Kier molecular flexibility index (Phi) is 8.72. The van der Waals surface area contributed by atoms with Gasteiger partial charge >= 0.3 is 6.03 Å². The molecule has 172 valence electrons. The number of aryl methyl sites for hydroxylation is 1. The minimum absolute atomic E-state index is 0.00307. The number of benzene rings is 1. The summed E-state index contributed by atoms with van der Waals surface area (Å²) in [5.74, 6) is 0.585. The maximum Gasteiger partial charge on any atom is 0.321 e. The molecule has 1 aromatic carbocycles. The third kappa shape index (κ3) is 7.21. The van der Waals surface area contributed by atoms with Gasteiger partial charge in [-0.2, -0.15) is 0 Å². The predicted molar refractivity (Wildman–Crippen MR) is 125 cm³/mol. The molecule has 7 nitrogen and oxygen atoms in total. The maximum atomic E-state index is 12.6. The van der Waals surface area contributed by atoms with Gasteiger partial charge in [0, 0.05) is 64.0 Å². The van der Waals surface area contributed by atoms with E-state index in [1.54, 1.807) is 0 Å². The number of hydrogen-bond acceptors (Lipinski definition) is 4. The van der Waals surface area contributed by atoms with Crippen LogP contribution in [-0.2, 0) is 4.79 Å². The zero-order chi connectivity index (χ0) is 22.2. The lowest BCUT2D eigenvalue weighted by Gasteiger charge is -2.35. The molecule has 3 rings (SSSR count). The van der Waals surface area contributed by atoms with Crippen molar-refractivity contribution in [1.82, 2.24) is 20.0 Å². The number of likely N-dealkylation sites (tertiary alicyclic amines) is 1. The van der Waals surface area contributed by atoms with Crippen LogP contribution in [0.5, 0.6) is 0 Å². The van der Waals surface area contributed by atoms with E-state index in [-0.39, 0.29) is 17.9 Å². The number of anilines is 1. The highest BCUT2D eigenvalue weighted by Gasteiger charge is 2.27. The first-order valence-electron chi connectivity index (χ1n) is 11.8. The van der Waals surface area contributed by atoms with Gasteiger partial charge in [-0.3, -0.25) is 4.79 Å². The fraction of sp³-hybridized carbons (Fsp3) is 0.667. The highest BCUT2D eigenvalue weighted by atomic mass is 16.2. The second kappa shape index (κ2) is 11.5. The number of amides is 3. The zero-order valence-corrected chi connectivity index (χ0v) is 19.4. The van der Waals surface area contributed by atoms with Crippen LogP contribution in [0.3, 0.4) is 0 Å². The summed E-state index contributed by atoms with van der Waals surface area (Å²) in [6.45, 7) is 15.1. The number of hydrogen-bond donors (Lipinski definition) is 2. The molecular weight excluding hydrogens is 390 g/mol. The van der Waals surface area contributed by atoms with E-state index < -0.39 is 0 Å². The Morgan fingerprint density at radius 1 is 1.06 bits per heavy atom. The van der Waals surface area contributed by atoms with Crippen LogP contribution in [0.15, 0.2) is 24.3 Å². The van der Waals surface area contributed by atoms with E-state index in [2.05, 4.69) is 34.3 Å². The molecule has 2 N–H and O–H groups in total. The SMILES string of the molecule is CCN1CCN(CC(C)CNC(=O)C2CCN(C(=O)Nc3cccc(C)c3)CC2)CC1. The zero-order valence-electron chi connectivity index (χ0n) is 19.4. The lowest BCUT2D eigenvalue weighted by atomic mass is 9.96. The van der Waals surface area contributed by atoms with Gasteiger partial charge in [0.25, 0.3) is 0 Å².